The third-order valence-corrected chi connectivity index (χ3v) is 5.54. The summed E-state index contributed by atoms with van der Waals surface area (Å²) < 4.78 is 11.2. The first kappa shape index (κ1) is 23.0. The molecule has 166 valence electrons. The lowest BCUT2D eigenvalue weighted by molar-refractivity contribution is -0.113. The number of ether oxygens (including phenoxy) is 2. The van der Waals surface area contributed by atoms with Crippen LogP contribution in [0.25, 0.3) is 0 Å². The number of hydrogen-bond acceptors (Lipinski definition) is 8. The van der Waals surface area contributed by atoms with Crippen molar-refractivity contribution in [2.45, 2.75) is 11.6 Å². The van der Waals surface area contributed by atoms with Crippen LogP contribution < -0.4 is 5.32 Å². The second-order valence-corrected chi connectivity index (χ2v) is 7.68. The quantitative estimate of drug-likeness (QED) is 0.408. The highest BCUT2D eigenvalue weighted by Gasteiger charge is 2.16. The number of amides is 1. The number of esters is 2. The molecule has 3 aromatic rings. The van der Waals surface area contributed by atoms with E-state index in [2.05, 4.69) is 15.5 Å². The van der Waals surface area contributed by atoms with Crippen molar-refractivity contribution in [1.29, 1.82) is 0 Å². The average molecular weight is 455 g/mol. The first-order valence-corrected chi connectivity index (χ1v) is 10.6. The van der Waals surface area contributed by atoms with Crippen LogP contribution in [0.5, 0.6) is 0 Å². The predicted octanol–water partition coefficient (Wildman–Crippen LogP) is 2.71. The molecule has 1 heterocycles. The average Bonchev–Trinajstić information content (AvgIpc) is 3.16. The van der Waals surface area contributed by atoms with Gasteiger partial charge in [-0.15, -0.1) is 10.2 Å². The monoisotopic (exact) mass is 454 g/mol. The molecule has 3 rings (SSSR count). The number of anilines is 1. The van der Waals surface area contributed by atoms with Gasteiger partial charge in [-0.1, -0.05) is 42.1 Å². The van der Waals surface area contributed by atoms with Crippen molar-refractivity contribution in [3.63, 3.8) is 0 Å². The van der Waals surface area contributed by atoms with E-state index in [1.165, 1.54) is 44.2 Å². The van der Waals surface area contributed by atoms with Crippen molar-refractivity contribution >= 4 is 35.3 Å². The Balaban J connectivity index is 1.66. The smallest absolute Gasteiger partial charge is 0.337 e. The van der Waals surface area contributed by atoms with Crippen LogP contribution in [0.15, 0.2) is 53.7 Å². The normalized spacial score (nSPS) is 10.5. The number of methoxy groups -OCH3 is 2. The maximum absolute atomic E-state index is 12.5. The number of nitrogens with zero attached hydrogens (tertiary/aromatic N) is 3. The molecule has 0 aliphatic rings. The maximum atomic E-state index is 12.5. The van der Waals surface area contributed by atoms with Crippen molar-refractivity contribution in [1.82, 2.24) is 14.8 Å². The molecule has 0 radical (unpaired) electrons. The highest BCUT2D eigenvalue weighted by molar-refractivity contribution is 7.99. The number of carbonyl (C=O) groups excluding carboxylic acids is 3. The van der Waals surface area contributed by atoms with Crippen LogP contribution in [0.4, 0.5) is 5.69 Å². The van der Waals surface area contributed by atoms with Gasteiger partial charge < -0.3 is 19.4 Å². The molecular formula is C22H22N4O5S. The van der Waals surface area contributed by atoms with Gasteiger partial charge in [0.05, 0.1) is 31.1 Å². The summed E-state index contributed by atoms with van der Waals surface area (Å²) in [6.45, 7) is 0. The molecule has 1 N–H and O–H groups in total. The van der Waals surface area contributed by atoms with Gasteiger partial charge in [-0.25, -0.2) is 9.59 Å². The molecule has 0 fully saturated rings. The van der Waals surface area contributed by atoms with Gasteiger partial charge in [0.25, 0.3) is 0 Å². The Hall–Kier alpha value is -3.66. The minimum absolute atomic E-state index is 0.0628. The van der Waals surface area contributed by atoms with E-state index >= 15 is 0 Å². The van der Waals surface area contributed by atoms with Crippen LogP contribution in [0.3, 0.4) is 0 Å². The van der Waals surface area contributed by atoms with Gasteiger partial charge >= 0.3 is 11.9 Å². The van der Waals surface area contributed by atoms with E-state index < -0.39 is 11.9 Å². The van der Waals surface area contributed by atoms with Gasteiger partial charge in [-0.3, -0.25) is 4.79 Å². The zero-order valence-corrected chi connectivity index (χ0v) is 18.6. The summed E-state index contributed by atoms with van der Waals surface area (Å²) >= 11 is 1.23. The van der Waals surface area contributed by atoms with E-state index in [0.29, 0.717) is 11.6 Å². The topological polar surface area (TPSA) is 112 Å². The van der Waals surface area contributed by atoms with Crippen LogP contribution in [0, 0.1) is 0 Å². The molecule has 0 unspecified atom stereocenters. The van der Waals surface area contributed by atoms with Crippen LogP contribution in [-0.4, -0.2) is 52.6 Å². The Morgan fingerprint density at radius 3 is 2.19 bits per heavy atom. The highest BCUT2D eigenvalue weighted by Crippen LogP contribution is 2.20. The van der Waals surface area contributed by atoms with Crippen LogP contribution in [-0.2, 0) is 27.7 Å². The molecular weight excluding hydrogens is 432 g/mol. The Bertz CT molecular complexity index is 1100. The second-order valence-electron chi connectivity index (χ2n) is 6.74. The summed E-state index contributed by atoms with van der Waals surface area (Å²) in [6.07, 6.45) is 0.633. The Kier molecular flexibility index (Phi) is 7.61. The molecule has 1 aromatic heterocycles. The van der Waals surface area contributed by atoms with E-state index in [-0.39, 0.29) is 28.5 Å². The van der Waals surface area contributed by atoms with Crippen molar-refractivity contribution in [2.24, 2.45) is 7.05 Å². The number of carbonyl (C=O) groups is 3. The van der Waals surface area contributed by atoms with Crippen LogP contribution >= 0.6 is 11.8 Å². The zero-order chi connectivity index (χ0) is 23.1. The molecule has 0 spiro atoms. The molecule has 2 aromatic carbocycles. The zero-order valence-electron chi connectivity index (χ0n) is 17.8. The van der Waals surface area contributed by atoms with E-state index in [1.54, 1.807) is 0 Å². The van der Waals surface area contributed by atoms with Crippen molar-refractivity contribution in [2.75, 3.05) is 25.3 Å². The Morgan fingerprint density at radius 1 is 0.969 bits per heavy atom. The molecule has 0 aliphatic heterocycles. The van der Waals surface area contributed by atoms with E-state index in [0.717, 1.165) is 11.4 Å². The molecule has 0 saturated carbocycles. The largest absolute Gasteiger partial charge is 0.465 e. The lowest BCUT2D eigenvalue weighted by Gasteiger charge is -2.09. The first-order valence-electron chi connectivity index (χ1n) is 9.57. The fraction of sp³-hybridized carbons (Fsp3) is 0.227. The lowest BCUT2D eigenvalue weighted by atomic mass is 10.1. The molecule has 10 heteroatoms. The number of rotatable bonds is 8. The third-order valence-electron chi connectivity index (χ3n) is 4.52. The molecule has 0 bridgehead atoms. The Morgan fingerprint density at radius 2 is 1.59 bits per heavy atom. The first-order chi connectivity index (χ1) is 15.4. The third kappa shape index (κ3) is 5.73. The van der Waals surface area contributed by atoms with Crippen molar-refractivity contribution in [3.05, 3.63) is 71.0 Å². The van der Waals surface area contributed by atoms with E-state index in [9.17, 15) is 14.4 Å². The van der Waals surface area contributed by atoms with Gasteiger partial charge in [0.1, 0.15) is 5.82 Å². The van der Waals surface area contributed by atoms with E-state index in [4.69, 9.17) is 9.47 Å². The second kappa shape index (κ2) is 10.6. The van der Waals surface area contributed by atoms with Crippen LogP contribution in [0.1, 0.15) is 32.1 Å². The van der Waals surface area contributed by atoms with Gasteiger partial charge in [0.15, 0.2) is 5.16 Å². The predicted molar refractivity (Wildman–Crippen MR) is 119 cm³/mol. The fourth-order valence-corrected chi connectivity index (χ4v) is 3.63. The van der Waals surface area contributed by atoms with Gasteiger partial charge in [0, 0.05) is 19.2 Å². The van der Waals surface area contributed by atoms with E-state index in [1.807, 2.05) is 41.9 Å². The maximum Gasteiger partial charge on any atom is 0.337 e. The van der Waals surface area contributed by atoms with Crippen molar-refractivity contribution < 1.29 is 23.9 Å². The summed E-state index contributed by atoms with van der Waals surface area (Å²) in [6, 6.07) is 14.1. The molecule has 1 amide bonds. The summed E-state index contributed by atoms with van der Waals surface area (Å²) in [4.78, 5) is 36.2. The minimum Gasteiger partial charge on any atom is -0.465 e. The van der Waals surface area contributed by atoms with Gasteiger partial charge in [-0.2, -0.15) is 0 Å². The lowest BCUT2D eigenvalue weighted by Crippen LogP contribution is -2.16. The molecule has 0 atom stereocenters. The summed E-state index contributed by atoms with van der Waals surface area (Å²) in [7, 11) is 4.31. The standard InChI is InChI=1S/C22H22N4O5S/c1-26-18(9-14-7-5-4-6-8-14)24-25-22(26)32-13-19(27)23-17-11-15(20(28)30-2)10-16(12-17)21(29)31-3/h4-8,10-12H,9,13H2,1-3H3,(H,23,27). The number of nitrogens with one attached hydrogen (secondary N) is 1. The van der Waals surface area contributed by atoms with Crippen LogP contribution in [0.2, 0.25) is 0 Å². The molecule has 0 aliphatic carbocycles. The fourth-order valence-electron chi connectivity index (χ4n) is 2.90. The number of aromatic nitrogens is 3. The Labute approximate surface area is 189 Å². The number of thioether (sulfide) groups is 1. The SMILES string of the molecule is COC(=O)c1cc(NC(=O)CSc2nnc(Cc3ccccc3)n2C)cc(C(=O)OC)c1. The molecule has 9 nitrogen and oxygen atoms in total. The number of hydrogen-bond donors (Lipinski definition) is 1. The summed E-state index contributed by atoms with van der Waals surface area (Å²) in [5, 5.41) is 11.7. The van der Waals surface area contributed by atoms with Gasteiger partial charge in [0.2, 0.25) is 5.91 Å². The summed E-state index contributed by atoms with van der Waals surface area (Å²) in [5.74, 6) is -0.753. The van der Waals surface area contributed by atoms with Crippen molar-refractivity contribution in [3.8, 4) is 0 Å². The molecule has 0 saturated heterocycles. The number of benzene rings is 2. The highest BCUT2D eigenvalue weighted by atomic mass is 32.2. The molecule has 32 heavy (non-hydrogen) atoms. The minimum atomic E-state index is -0.634. The summed E-state index contributed by atoms with van der Waals surface area (Å²) in [5.41, 5.74) is 1.64. The van der Waals surface area contributed by atoms with Gasteiger partial charge in [-0.05, 0) is 23.8 Å².